The molecule has 0 radical (unpaired) electrons. The van der Waals surface area contributed by atoms with Crippen molar-refractivity contribution in [3.63, 3.8) is 0 Å². The van der Waals surface area contributed by atoms with E-state index in [9.17, 15) is 4.79 Å². The highest BCUT2D eigenvalue weighted by Gasteiger charge is 2.16. The third-order valence-corrected chi connectivity index (χ3v) is 2.24. The molecule has 0 spiro atoms. The number of anilines is 1. The largest absolute Gasteiger partial charge is 0.365 e. The Hall–Kier alpha value is -1.36. The molecule has 0 aliphatic rings. The van der Waals surface area contributed by atoms with E-state index in [1.54, 1.807) is 17.0 Å². The van der Waals surface area contributed by atoms with Crippen LogP contribution in [0.1, 0.15) is 27.2 Å². The first-order valence-corrected chi connectivity index (χ1v) is 5.49. The van der Waals surface area contributed by atoms with Crippen molar-refractivity contribution in [3.05, 3.63) is 22.7 Å². The van der Waals surface area contributed by atoms with E-state index >= 15 is 0 Å². The van der Waals surface area contributed by atoms with Crippen LogP contribution in [0.4, 0.5) is 5.82 Å². The molecule has 0 amide bonds. The summed E-state index contributed by atoms with van der Waals surface area (Å²) in [5, 5.41) is 3.00. The first kappa shape index (κ1) is 12.7. The van der Waals surface area contributed by atoms with Gasteiger partial charge in [0, 0.05) is 24.5 Å². The van der Waals surface area contributed by atoms with Crippen molar-refractivity contribution in [2.45, 2.75) is 32.7 Å². The summed E-state index contributed by atoms with van der Waals surface area (Å²) in [6.07, 6.45) is 4.17. The minimum absolute atomic E-state index is 0.0907. The smallest absolute Gasteiger partial charge is 0.293 e. The van der Waals surface area contributed by atoms with Gasteiger partial charge < -0.3 is 15.6 Å². The van der Waals surface area contributed by atoms with Crippen LogP contribution >= 0.6 is 0 Å². The standard InChI is InChI=1S/C11H20N4O/c1-11(2,3)15-8-7-14-9(10(15)16)13-6-4-5-12/h7-8H,4-6,12H2,1-3H3,(H,13,14). The molecule has 0 saturated carbocycles. The summed E-state index contributed by atoms with van der Waals surface area (Å²) in [5.74, 6) is 0.394. The van der Waals surface area contributed by atoms with Crippen molar-refractivity contribution in [3.8, 4) is 0 Å². The predicted octanol–water partition coefficient (Wildman–Crippen LogP) is 0.759. The fourth-order valence-electron chi connectivity index (χ4n) is 1.37. The van der Waals surface area contributed by atoms with Gasteiger partial charge in [-0.2, -0.15) is 0 Å². The van der Waals surface area contributed by atoms with Crippen LogP contribution < -0.4 is 16.6 Å². The Balaban J connectivity index is 2.92. The van der Waals surface area contributed by atoms with Crippen molar-refractivity contribution in [2.24, 2.45) is 5.73 Å². The van der Waals surface area contributed by atoms with Gasteiger partial charge in [0.2, 0.25) is 0 Å². The van der Waals surface area contributed by atoms with Crippen LogP contribution in [0.15, 0.2) is 17.2 Å². The Labute approximate surface area is 95.7 Å². The van der Waals surface area contributed by atoms with E-state index in [1.807, 2.05) is 20.8 Å². The average Bonchev–Trinajstić information content (AvgIpc) is 2.19. The topological polar surface area (TPSA) is 72.9 Å². The van der Waals surface area contributed by atoms with E-state index in [-0.39, 0.29) is 11.1 Å². The maximum absolute atomic E-state index is 12.0. The zero-order valence-corrected chi connectivity index (χ0v) is 10.2. The Bertz CT molecular complexity index is 392. The molecule has 90 valence electrons. The van der Waals surface area contributed by atoms with Gasteiger partial charge in [-0.1, -0.05) is 0 Å². The van der Waals surface area contributed by atoms with Crippen LogP contribution in [0, 0.1) is 0 Å². The van der Waals surface area contributed by atoms with Crippen LogP contribution in [0.5, 0.6) is 0 Å². The van der Waals surface area contributed by atoms with Gasteiger partial charge in [0.1, 0.15) is 0 Å². The number of hydrogen-bond acceptors (Lipinski definition) is 4. The second-order valence-corrected chi connectivity index (χ2v) is 4.69. The van der Waals surface area contributed by atoms with Crippen molar-refractivity contribution in [2.75, 3.05) is 18.4 Å². The summed E-state index contributed by atoms with van der Waals surface area (Å²) in [7, 11) is 0. The molecule has 5 nitrogen and oxygen atoms in total. The molecule has 0 unspecified atom stereocenters. The van der Waals surface area contributed by atoms with Gasteiger partial charge in [-0.05, 0) is 33.7 Å². The SMILES string of the molecule is CC(C)(C)n1ccnc(NCCCN)c1=O. The fraction of sp³-hybridized carbons (Fsp3) is 0.636. The Kier molecular flexibility index (Phi) is 4.06. The summed E-state index contributed by atoms with van der Waals surface area (Å²) in [4.78, 5) is 16.1. The van der Waals surface area contributed by atoms with Gasteiger partial charge in [-0.15, -0.1) is 0 Å². The lowest BCUT2D eigenvalue weighted by Crippen LogP contribution is -2.35. The molecule has 5 heteroatoms. The lowest BCUT2D eigenvalue weighted by Gasteiger charge is -2.22. The van der Waals surface area contributed by atoms with Gasteiger partial charge in [0.05, 0.1) is 0 Å². The molecule has 0 aliphatic carbocycles. The Morgan fingerprint density at radius 3 is 2.75 bits per heavy atom. The van der Waals surface area contributed by atoms with Crippen LogP contribution in [-0.2, 0) is 5.54 Å². The number of nitrogens with zero attached hydrogens (tertiary/aromatic N) is 2. The summed E-state index contributed by atoms with van der Waals surface area (Å²) in [5.41, 5.74) is 5.06. The molecule has 0 aliphatic heterocycles. The first-order chi connectivity index (χ1) is 7.46. The van der Waals surface area contributed by atoms with Crippen LogP contribution in [0.25, 0.3) is 0 Å². The quantitative estimate of drug-likeness (QED) is 0.741. The highest BCUT2D eigenvalue weighted by molar-refractivity contribution is 5.30. The lowest BCUT2D eigenvalue weighted by atomic mass is 10.1. The molecular formula is C11H20N4O. The Morgan fingerprint density at radius 1 is 1.50 bits per heavy atom. The summed E-state index contributed by atoms with van der Waals surface area (Å²) >= 11 is 0. The van der Waals surface area contributed by atoms with E-state index in [4.69, 9.17) is 5.73 Å². The lowest BCUT2D eigenvalue weighted by molar-refractivity contribution is 0.383. The van der Waals surface area contributed by atoms with E-state index in [0.29, 0.717) is 18.9 Å². The monoisotopic (exact) mass is 224 g/mol. The Morgan fingerprint density at radius 2 is 2.19 bits per heavy atom. The van der Waals surface area contributed by atoms with E-state index in [0.717, 1.165) is 6.42 Å². The normalized spacial score (nSPS) is 11.5. The molecule has 0 bridgehead atoms. The maximum atomic E-state index is 12.0. The molecule has 1 heterocycles. The van der Waals surface area contributed by atoms with E-state index in [1.165, 1.54) is 0 Å². The highest BCUT2D eigenvalue weighted by atomic mass is 16.1. The summed E-state index contributed by atoms with van der Waals surface area (Å²) in [6, 6.07) is 0. The molecule has 1 aromatic rings. The van der Waals surface area contributed by atoms with Crippen molar-refractivity contribution >= 4 is 5.82 Å². The minimum atomic E-state index is -0.232. The highest BCUT2D eigenvalue weighted by Crippen LogP contribution is 2.10. The maximum Gasteiger partial charge on any atom is 0.293 e. The number of nitrogens with two attached hydrogens (primary N) is 1. The van der Waals surface area contributed by atoms with Gasteiger partial charge in [-0.25, -0.2) is 4.98 Å². The van der Waals surface area contributed by atoms with Crippen molar-refractivity contribution in [1.82, 2.24) is 9.55 Å². The van der Waals surface area contributed by atoms with E-state index in [2.05, 4.69) is 10.3 Å². The summed E-state index contributed by atoms with van der Waals surface area (Å²) in [6.45, 7) is 7.23. The van der Waals surface area contributed by atoms with Crippen molar-refractivity contribution in [1.29, 1.82) is 0 Å². The fourth-order valence-corrected chi connectivity index (χ4v) is 1.37. The van der Waals surface area contributed by atoms with Gasteiger partial charge >= 0.3 is 0 Å². The number of aromatic nitrogens is 2. The predicted molar refractivity (Wildman–Crippen MR) is 65.7 cm³/mol. The van der Waals surface area contributed by atoms with Gasteiger partial charge in [-0.3, -0.25) is 4.79 Å². The zero-order chi connectivity index (χ0) is 12.2. The molecule has 0 fully saturated rings. The van der Waals surface area contributed by atoms with Crippen molar-refractivity contribution < 1.29 is 0 Å². The van der Waals surface area contributed by atoms with Crippen LogP contribution in [0.3, 0.4) is 0 Å². The average molecular weight is 224 g/mol. The van der Waals surface area contributed by atoms with E-state index < -0.39 is 0 Å². The molecule has 0 atom stereocenters. The summed E-state index contributed by atoms with van der Waals surface area (Å²) < 4.78 is 1.67. The van der Waals surface area contributed by atoms with Gasteiger partial charge in [0.25, 0.3) is 5.56 Å². The molecule has 16 heavy (non-hydrogen) atoms. The molecule has 3 N–H and O–H groups in total. The molecule has 0 aromatic carbocycles. The molecular weight excluding hydrogens is 204 g/mol. The number of rotatable bonds is 4. The third-order valence-electron chi connectivity index (χ3n) is 2.24. The van der Waals surface area contributed by atoms with Crippen LogP contribution in [0.2, 0.25) is 0 Å². The van der Waals surface area contributed by atoms with Crippen LogP contribution in [-0.4, -0.2) is 22.6 Å². The molecule has 1 rings (SSSR count). The first-order valence-electron chi connectivity index (χ1n) is 5.49. The number of hydrogen-bond donors (Lipinski definition) is 2. The second kappa shape index (κ2) is 5.12. The molecule has 0 saturated heterocycles. The zero-order valence-electron chi connectivity index (χ0n) is 10.2. The third kappa shape index (κ3) is 3.06. The second-order valence-electron chi connectivity index (χ2n) is 4.69. The minimum Gasteiger partial charge on any atom is -0.365 e. The molecule has 1 aromatic heterocycles. The van der Waals surface area contributed by atoms with Gasteiger partial charge in [0.15, 0.2) is 5.82 Å². The number of nitrogens with one attached hydrogen (secondary N) is 1.